The lowest BCUT2D eigenvalue weighted by atomic mass is 10.1. The number of hydrogen-bond donors (Lipinski definition) is 0. The van der Waals surface area contributed by atoms with E-state index in [9.17, 15) is 0 Å². The van der Waals surface area contributed by atoms with Gasteiger partial charge in [-0.2, -0.15) is 0 Å². The predicted octanol–water partition coefficient (Wildman–Crippen LogP) is 5.35. The molecular weight excluding hydrogens is 300 g/mol. The minimum absolute atomic E-state index is 0.535. The SMILES string of the molecule is CCC(CC)N(CCCCc1nc(CCl)cs1)CC(C)C. The predicted molar refractivity (Wildman–Crippen MR) is 95.4 cm³/mol. The van der Waals surface area contributed by atoms with E-state index in [4.69, 9.17) is 11.6 Å². The van der Waals surface area contributed by atoms with Crippen LogP contribution in [0.1, 0.15) is 64.1 Å². The molecule has 4 heteroatoms. The fourth-order valence-electron chi connectivity index (χ4n) is 2.81. The molecule has 0 aliphatic carbocycles. The standard InChI is InChI=1S/C17H31ClN2S/c1-5-16(6-2)20(12-14(3)4)10-8-7-9-17-19-15(11-18)13-21-17/h13-14,16H,5-12H2,1-4H3. The molecule has 1 aromatic heterocycles. The number of aryl methyl sites for hydroxylation is 1. The van der Waals surface area contributed by atoms with Crippen LogP contribution in [0, 0.1) is 5.92 Å². The first-order valence-corrected chi connectivity index (χ1v) is 9.75. The highest BCUT2D eigenvalue weighted by Crippen LogP contribution is 2.16. The van der Waals surface area contributed by atoms with Crippen molar-refractivity contribution in [3.05, 3.63) is 16.1 Å². The second-order valence-corrected chi connectivity index (χ2v) is 7.39. The molecule has 0 spiro atoms. The number of hydrogen-bond acceptors (Lipinski definition) is 3. The number of alkyl halides is 1. The van der Waals surface area contributed by atoms with Gasteiger partial charge in [0.15, 0.2) is 0 Å². The first-order valence-electron chi connectivity index (χ1n) is 8.33. The third-order valence-electron chi connectivity index (χ3n) is 3.88. The zero-order chi connectivity index (χ0) is 15.7. The smallest absolute Gasteiger partial charge is 0.0928 e. The first-order chi connectivity index (χ1) is 10.1. The Morgan fingerprint density at radius 2 is 1.95 bits per heavy atom. The van der Waals surface area contributed by atoms with Crippen LogP contribution in [0.2, 0.25) is 0 Å². The molecule has 122 valence electrons. The zero-order valence-electron chi connectivity index (χ0n) is 14.1. The summed E-state index contributed by atoms with van der Waals surface area (Å²) in [7, 11) is 0. The van der Waals surface area contributed by atoms with Gasteiger partial charge < -0.3 is 4.90 Å². The molecule has 2 nitrogen and oxygen atoms in total. The van der Waals surface area contributed by atoms with Crippen molar-refractivity contribution in [3.63, 3.8) is 0 Å². The second kappa shape index (κ2) is 10.6. The van der Waals surface area contributed by atoms with E-state index in [1.54, 1.807) is 11.3 Å². The summed E-state index contributed by atoms with van der Waals surface area (Å²) >= 11 is 7.55. The highest BCUT2D eigenvalue weighted by Gasteiger charge is 2.15. The lowest BCUT2D eigenvalue weighted by molar-refractivity contribution is 0.163. The van der Waals surface area contributed by atoms with Crippen molar-refractivity contribution in [2.24, 2.45) is 5.92 Å². The maximum atomic E-state index is 5.80. The van der Waals surface area contributed by atoms with E-state index in [1.807, 2.05) is 0 Å². The Morgan fingerprint density at radius 3 is 2.48 bits per heavy atom. The summed E-state index contributed by atoms with van der Waals surface area (Å²) in [5, 5.41) is 3.32. The molecule has 0 bridgehead atoms. The number of nitrogens with zero attached hydrogens (tertiary/aromatic N) is 2. The van der Waals surface area contributed by atoms with Gasteiger partial charge in [0.2, 0.25) is 0 Å². The number of aromatic nitrogens is 1. The molecule has 1 rings (SSSR count). The van der Waals surface area contributed by atoms with Gasteiger partial charge in [-0.05, 0) is 44.6 Å². The highest BCUT2D eigenvalue weighted by molar-refractivity contribution is 7.09. The molecule has 21 heavy (non-hydrogen) atoms. The Bertz CT molecular complexity index is 375. The monoisotopic (exact) mass is 330 g/mol. The van der Waals surface area contributed by atoms with Crippen LogP contribution in [0.4, 0.5) is 0 Å². The van der Waals surface area contributed by atoms with Crippen LogP contribution in [0.3, 0.4) is 0 Å². The van der Waals surface area contributed by atoms with E-state index in [2.05, 4.69) is 43.0 Å². The average Bonchev–Trinajstić information content (AvgIpc) is 2.92. The summed E-state index contributed by atoms with van der Waals surface area (Å²) < 4.78 is 0. The van der Waals surface area contributed by atoms with E-state index < -0.39 is 0 Å². The summed E-state index contributed by atoms with van der Waals surface area (Å²) in [6.45, 7) is 11.7. The fourth-order valence-corrected chi connectivity index (χ4v) is 3.88. The van der Waals surface area contributed by atoms with Gasteiger partial charge in [0, 0.05) is 18.0 Å². The molecule has 0 N–H and O–H groups in total. The van der Waals surface area contributed by atoms with E-state index >= 15 is 0 Å². The average molecular weight is 331 g/mol. The zero-order valence-corrected chi connectivity index (χ0v) is 15.6. The molecule has 0 saturated carbocycles. The molecule has 0 unspecified atom stereocenters. The van der Waals surface area contributed by atoms with E-state index in [1.165, 1.54) is 43.8 Å². The van der Waals surface area contributed by atoms with Crippen LogP contribution in [-0.4, -0.2) is 29.0 Å². The molecular formula is C17H31ClN2S. The quantitative estimate of drug-likeness (QED) is 0.401. The molecule has 1 heterocycles. The normalized spacial score (nSPS) is 12.0. The van der Waals surface area contributed by atoms with Crippen molar-refractivity contribution in [1.29, 1.82) is 0 Å². The lowest BCUT2D eigenvalue weighted by Gasteiger charge is -2.32. The minimum Gasteiger partial charge on any atom is -0.300 e. The molecule has 0 saturated heterocycles. The van der Waals surface area contributed by atoms with Gasteiger partial charge in [0.05, 0.1) is 16.6 Å². The molecule has 0 radical (unpaired) electrons. The van der Waals surface area contributed by atoms with E-state index in [0.717, 1.165) is 24.1 Å². The van der Waals surface area contributed by atoms with Crippen LogP contribution in [0.25, 0.3) is 0 Å². The Morgan fingerprint density at radius 1 is 1.24 bits per heavy atom. The van der Waals surface area contributed by atoms with Gasteiger partial charge in [-0.25, -0.2) is 4.98 Å². The Kier molecular flexibility index (Phi) is 9.54. The van der Waals surface area contributed by atoms with Gasteiger partial charge in [-0.3, -0.25) is 0 Å². The molecule has 0 aliphatic rings. The van der Waals surface area contributed by atoms with Gasteiger partial charge in [-0.1, -0.05) is 27.7 Å². The Labute approximate surface area is 139 Å². The van der Waals surface area contributed by atoms with Crippen LogP contribution in [0.5, 0.6) is 0 Å². The van der Waals surface area contributed by atoms with Crippen LogP contribution < -0.4 is 0 Å². The maximum absolute atomic E-state index is 5.80. The number of halogens is 1. The first kappa shape index (κ1) is 18.9. The van der Waals surface area contributed by atoms with Gasteiger partial charge >= 0.3 is 0 Å². The minimum atomic E-state index is 0.535. The van der Waals surface area contributed by atoms with E-state index in [-0.39, 0.29) is 0 Å². The summed E-state index contributed by atoms with van der Waals surface area (Å²) in [5.41, 5.74) is 1.02. The third-order valence-corrected chi connectivity index (χ3v) is 5.11. The number of rotatable bonds is 11. The van der Waals surface area contributed by atoms with Crippen molar-refractivity contribution in [2.45, 2.75) is 71.7 Å². The van der Waals surface area contributed by atoms with E-state index in [0.29, 0.717) is 5.88 Å². The fraction of sp³-hybridized carbons (Fsp3) is 0.824. The van der Waals surface area contributed by atoms with Crippen molar-refractivity contribution >= 4 is 22.9 Å². The van der Waals surface area contributed by atoms with Crippen molar-refractivity contribution in [1.82, 2.24) is 9.88 Å². The topological polar surface area (TPSA) is 16.1 Å². The summed E-state index contributed by atoms with van der Waals surface area (Å²) in [4.78, 5) is 7.23. The van der Waals surface area contributed by atoms with Crippen LogP contribution in [-0.2, 0) is 12.3 Å². The van der Waals surface area contributed by atoms with Gasteiger partial charge in [0.1, 0.15) is 0 Å². The van der Waals surface area contributed by atoms with Gasteiger partial charge in [-0.15, -0.1) is 22.9 Å². The summed E-state index contributed by atoms with van der Waals surface area (Å²) in [6, 6.07) is 0.745. The maximum Gasteiger partial charge on any atom is 0.0928 e. The summed E-state index contributed by atoms with van der Waals surface area (Å²) in [5.74, 6) is 1.28. The summed E-state index contributed by atoms with van der Waals surface area (Å²) in [6.07, 6.45) is 6.10. The Hall–Kier alpha value is -0.120. The lowest BCUT2D eigenvalue weighted by Crippen LogP contribution is -2.38. The van der Waals surface area contributed by atoms with Crippen LogP contribution >= 0.6 is 22.9 Å². The number of thiazole rings is 1. The Balaban J connectivity index is 2.35. The molecule has 0 fully saturated rings. The van der Waals surface area contributed by atoms with Crippen LogP contribution in [0.15, 0.2) is 5.38 Å². The molecule has 1 aromatic rings. The second-order valence-electron chi connectivity index (χ2n) is 6.18. The van der Waals surface area contributed by atoms with Crippen molar-refractivity contribution < 1.29 is 0 Å². The molecule has 0 aliphatic heterocycles. The molecule has 0 aromatic carbocycles. The van der Waals surface area contributed by atoms with Crippen molar-refractivity contribution in [3.8, 4) is 0 Å². The molecule has 0 atom stereocenters. The van der Waals surface area contributed by atoms with Crippen molar-refractivity contribution in [2.75, 3.05) is 13.1 Å². The largest absolute Gasteiger partial charge is 0.300 e. The molecule has 0 amide bonds. The highest BCUT2D eigenvalue weighted by atomic mass is 35.5. The number of unbranched alkanes of at least 4 members (excludes halogenated alkanes) is 1. The third kappa shape index (κ3) is 7.12. The van der Waals surface area contributed by atoms with Gasteiger partial charge in [0.25, 0.3) is 0 Å².